The molecule has 0 spiro atoms. The average Bonchev–Trinajstić information content (AvgIpc) is 3.57. The van der Waals surface area contributed by atoms with Gasteiger partial charge in [-0.2, -0.15) is 11.3 Å². The van der Waals surface area contributed by atoms with Gasteiger partial charge in [-0.3, -0.25) is 14.7 Å². The average molecular weight is 588 g/mol. The van der Waals surface area contributed by atoms with Gasteiger partial charge in [0.1, 0.15) is 11.5 Å². The highest BCUT2D eigenvalue weighted by Gasteiger charge is 2.16. The Hall–Kier alpha value is -4.25. The van der Waals surface area contributed by atoms with Gasteiger partial charge < -0.3 is 24.3 Å². The van der Waals surface area contributed by atoms with Crippen LogP contribution in [0.25, 0.3) is 21.7 Å². The van der Waals surface area contributed by atoms with E-state index in [4.69, 9.17) is 18.9 Å². The standard InChI is InChI=1S/C32H30FN3O5S/c1-38-29-18-25-27(19-30(29)40-13-2-10-36-11-14-39-15-12-36)34-9-7-28(25)41-23-4-5-24-21(17-23)3-6-26(31(24)33)35-32(37)22-8-16-42-20-22/h3-9,16-20H,2,10-15H2,1H3,(H,35,37). The number of carbonyl (C=O) groups excluding carboxylic acids is 1. The van der Waals surface area contributed by atoms with E-state index >= 15 is 4.39 Å². The highest BCUT2D eigenvalue weighted by molar-refractivity contribution is 7.08. The summed E-state index contributed by atoms with van der Waals surface area (Å²) in [5.74, 6) is 1.47. The zero-order valence-corrected chi connectivity index (χ0v) is 23.9. The Bertz CT molecular complexity index is 1710. The fraction of sp³-hybridized carbons (Fsp3) is 0.250. The molecular formula is C32H30FN3O5S. The number of hydrogen-bond acceptors (Lipinski definition) is 8. The maximum atomic E-state index is 15.3. The van der Waals surface area contributed by atoms with Crippen molar-refractivity contribution in [3.63, 3.8) is 0 Å². The van der Waals surface area contributed by atoms with E-state index < -0.39 is 5.82 Å². The number of morpholine rings is 1. The van der Waals surface area contributed by atoms with Gasteiger partial charge in [0.05, 0.1) is 43.7 Å². The minimum atomic E-state index is -0.501. The number of carbonyl (C=O) groups is 1. The van der Waals surface area contributed by atoms with Crippen molar-refractivity contribution in [3.8, 4) is 23.0 Å². The monoisotopic (exact) mass is 587 g/mol. The van der Waals surface area contributed by atoms with Gasteiger partial charge in [-0.05, 0) is 59.7 Å². The summed E-state index contributed by atoms with van der Waals surface area (Å²) in [7, 11) is 1.60. The second kappa shape index (κ2) is 12.7. The number of amides is 1. The first-order valence-corrected chi connectivity index (χ1v) is 14.7. The molecular weight excluding hydrogens is 557 g/mol. The lowest BCUT2D eigenvalue weighted by Gasteiger charge is -2.26. The molecule has 2 aromatic heterocycles. The first kappa shape index (κ1) is 27.9. The molecule has 1 saturated heterocycles. The number of benzene rings is 3. The Kier molecular flexibility index (Phi) is 8.45. The molecule has 3 heterocycles. The summed E-state index contributed by atoms with van der Waals surface area (Å²) in [5.41, 5.74) is 1.32. The second-order valence-corrected chi connectivity index (χ2v) is 10.6. The molecule has 216 valence electrons. The molecule has 0 unspecified atom stereocenters. The molecule has 10 heteroatoms. The summed E-state index contributed by atoms with van der Waals surface area (Å²) in [6, 6.07) is 15.6. The first-order chi connectivity index (χ1) is 20.6. The molecule has 0 bridgehead atoms. The summed E-state index contributed by atoms with van der Waals surface area (Å²) in [6.07, 6.45) is 2.57. The number of halogens is 1. The molecule has 1 aliphatic rings. The van der Waals surface area contributed by atoms with Gasteiger partial charge >= 0.3 is 0 Å². The molecule has 5 aromatic rings. The molecule has 1 fully saturated rings. The number of fused-ring (bicyclic) bond motifs is 2. The molecule has 42 heavy (non-hydrogen) atoms. The van der Waals surface area contributed by atoms with Crippen LogP contribution in [0, 0.1) is 5.82 Å². The van der Waals surface area contributed by atoms with Crippen LogP contribution in [-0.2, 0) is 4.74 Å². The summed E-state index contributed by atoms with van der Waals surface area (Å²) in [5, 5.41) is 7.95. The predicted molar refractivity (Wildman–Crippen MR) is 162 cm³/mol. The number of pyridine rings is 1. The molecule has 0 aliphatic carbocycles. The van der Waals surface area contributed by atoms with Gasteiger partial charge in [0.15, 0.2) is 17.3 Å². The normalized spacial score (nSPS) is 13.8. The summed E-state index contributed by atoms with van der Waals surface area (Å²) < 4.78 is 38.6. The molecule has 0 saturated carbocycles. The highest BCUT2D eigenvalue weighted by Crippen LogP contribution is 2.38. The van der Waals surface area contributed by atoms with Crippen molar-refractivity contribution in [3.05, 3.63) is 82.9 Å². The molecule has 1 aliphatic heterocycles. The number of thiophene rings is 1. The number of anilines is 1. The Labute approximate surface area is 246 Å². The largest absolute Gasteiger partial charge is 0.493 e. The minimum absolute atomic E-state index is 0.124. The Morgan fingerprint density at radius 2 is 1.93 bits per heavy atom. The van der Waals surface area contributed by atoms with Crippen molar-refractivity contribution in [1.82, 2.24) is 9.88 Å². The summed E-state index contributed by atoms with van der Waals surface area (Å²) in [4.78, 5) is 19.3. The fourth-order valence-electron chi connectivity index (χ4n) is 4.93. The van der Waals surface area contributed by atoms with Crippen LogP contribution < -0.4 is 19.5 Å². The lowest BCUT2D eigenvalue weighted by Crippen LogP contribution is -2.37. The number of rotatable bonds is 10. The van der Waals surface area contributed by atoms with E-state index in [0.717, 1.165) is 44.7 Å². The van der Waals surface area contributed by atoms with Crippen molar-refractivity contribution in [1.29, 1.82) is 0 Å². The van der Waals surface area contributed by atoms with Crippen LogP contribution in [0.1, 0.15) is 16.8 Å². The molecule has 0 atom stereocenters. The van der Waals surface area contributed by atoms with E-state index in [0.29, 0.717) is 51.5 Å². The number of nitrogens with one attached hydrogen (secondary N) is 1. The molecule has 8 nitrogen and oxygen atoms in total. The van der Waals surface area contributed by atoms with Crippen molar-refractivity contribution in [2.75, 3.05) is 51.9 Å². The van der Waals surface area contributed by atoms with Crippen LogP contribution in [0.15, 0.2) is 71.6 Å². The smallest absolute Gasteiger partial charge is 0.256 e. The van der Waals surface area contributed by atoms with Gasteiger partial charge in [0.2, 0.25) is 0 Å². The zero-order valence-electron chi connectivity index (χ0n) is 23.1. The number of aromatic nitrogens is 1. The van der Waals surface area contributed by atoms with Gasteiger partial charge in [-0.1, -0.05) is 6.07 Å². The third-order valence-electron chi connectivity index (χ3n) is 7.15. The van der Waals surface area contributed by atoms with Crippen molar-refractivity contribution in [2.24, 2.45) is 0 Å². The third kappa shape index (κ3) is 6.15. The maximum absolute atomic E-state index is 15.3. The SMILES string of the molecule is COc1cc2c(Oc3ccc4c(F)c(NC(=O)c5ccsc5)ccc4c3)ccnc2cc1OCCCN1CCOCC1. The van der Waals surface area contributed by atoms with Gasteiger partial charge in [0, 0.05) is 48.0 Å². The van der Waals surface area contributed by atoms with Crippen molar-refractivity contribution >= 4 is 44.6 Å². The van der Waals surface area contributed by atoms with E-state index in [1.165, 1.54) is 11.3 Å². The number of nitrogens with zero attached hydrogens (tertiary/aromatic N) is 2. The van der Waals surface area contributed by atoms with E-state index in [2.05, 4.69) is 15.2 Å². The quantitative estimate of drug-likeness (QED) is 0.181. The topological polar surface area (TPSA) is 82.2 Å². The van der Waals surface area contributed by atoms with Crippen molar-refractivity contribution in [2.45, 2.75) is 6.42 Å². The highest BCUT2D eigenvalue weighted by atomic mass is 32.1. The van der Waals surface area contributed by atoms with Crippen molar-refractivity contribution < 1.29 is 28.1 Å². The molecule has 3 aromatic carbocycles. The van der Waals surface area contributed by atoms with E-state index in [9.17, 15) is 4.79 Å². The Balaban J connectivity index is 1.18. The minimum Gasteiger partial charge on any atom is -0.493 e. The molecule has 1 N–H and O–H groups in total. The van der Waals surface area contributed by atoms with E-state index in [1.54, 1.807) is 66.5 Å². The van der Waals surface area contributed by atoms with Gasteiger partial charge in [0.25, 0.3) is 5.91 Å². The fourth-order valence-corrected chi connectivity index (χ4v) is 5.57. The Morgan fingerprint density at radius 3 is 2.74 bits per heavy atom. The Morgan fingerprint density at radius 1 is 1.05 bits per heavy atom. The van der Waals surface area contributed by atoms with Crippen LogP contribution in [-0.4, -0.2) is 62.4 Å². The second-order valence-electron chi connectivity index (χ2n) is 9.86. The molecule has 0 radical (unpaired) electrons. The summed E-state index contributed by atoms with van der Waals surface area (Å²) in [6.45, 7) is 4.98. The number of methoxy groups -OCH3 is 1. The molecule has 6 rings (SSSR count). The third-order valence-corrected chi connectivity index (χ3v) is 7.84. The van der Waals surface area contributed by atoms with E-state index in [-0.39, 0.29) is 11.6 Å². The first-order valence-electron chi connectivity index (χ1n) is 13.7. The summed E-state index contributed by atoms with van der Waals surface area (Å²) >= 11 is 1.41. The van der Waals surface area contributed by atoms with Crippen LogP contribution >= 0.6 is 11.3 Å². The zero-order chi connectivity index (χ0) is 28.9. The van der Waals surface area contributed by atoms with Crippen LogP contribution in [0.4, 0.5) is 10.1 Å². The van der Waals surface area contributed by atoms with E-state index in [1.807, 2.05) is 12.1 Å². The van der Waals surface area contributed by atoms with Gasteiger partial charge in [-0.15, -0.1) is 0 Å². The van der Waals surface area contributed by atoms with Gasteiger partial charge in [-0.25, -0.2) is 4.39 Å². The lowest BCUT2D eigenvalue weighted by molar-refractivity contribution is 0.0357. The van der Waals surface area contributed by atoms with Crippen LogP contribution in [0.3, 0.4) is 0 Å². The number of ether oxygens (including phenoxy) is 4. The van der Waals surface area contributed by atoms with Crippen LogP contribution in [0.5, 0.6) is 23.0 Å². The lowest BCUT2D eigenvalue weighted by atomic mass is 10.1. The maximum Gasteiger partial charge on any atom is 0.256 e. The predicted octanol–water partition coefficient (Wildman–Crippen LogP) is 6.74. The number of hydrogen-bond donors (Lipinski definition) is 1. The van der Waals surface area contributed by atoms with Crippen LogP contribution in [0.2, 0.25) is 0 Å². The molecule has 1 amide bonds.